The van der Waals surface area contributed by atoms with Crippen LogP contribution in [-0.4, -0.2) is 15.0 Å². The molecule has 1 unspecified atom stereocenters. The van der Waals surface area contributed by atoms with E-state index in [0.717, 1.165) is 28.5 Å². The average Bonchev–Trinajstić information content (AvgIpc) is 2.73. The highest BCUT2D eigenvalue weighted by molar-refractivity contribution is 7.09. The Bertz CT molecular complexity index is 479. The second kappa shape index (κ2) is 5.31. The van der Waals surface area contributed by atoms with Crippen LogP contribution in [0.2, 0.25) is 0 Å². The smallest absolute Gasteiger partial charge is 0.0897 e. The molecule has 5 nitrogen and oxygen atoms in total. The van der Waals surface area contributed by atoms with Gasteiger partial charge in [-0.15, -0.1) is 11.3 Å². The second-order valence-corrected chi connectivity index (χ2v) is 4.93. The molecular weight excluding hydrogens is 234 g/mol. The number of nitrogens with one attached hydrogen (secondary N) is 1. The van der Waals surface area contributed by atoms with Gasteiger partial charge in [0.25, 0.3) is 0 Å². The van der Waals surface area contributed by atoms with Crippen molar-refractivity contribution in [2.45, 2.75) is 26.3 Å². The first kappa shape index (κ1) is 12.1. The Labute approximate surface area is 104 Å². The third-order valence-corrected chi connectivity index (χ3v) is 3.26. The van der Waals surface area contributed by atoms with Crippen LogP contribution in [0.5, 0.6) is 0 Å². The van der Waals surface area contributed by atoms with Gasteiger partial charge in [0, 0.05) is 18.0 Å². The van der Waals surface area contributed by atoms with Gasteiger partial charge in [-0.1, -0.05) is 0 Å². The lowest BCUT2D eigenvalue weighted by Crippen LogP contribution is -2.30. The molecule has 3 N–H and O–H groups in total. The molecule has 0 amide bonds. The van der Waals surface area contributed by atoms with Crippen LogP contribution in [0.25, 0.3) is 0 Å². The molecule has 0 saturated heterocycles. The fourth-order valence-electron chi connectivity index (χ4n) is 1.54. The van der Waals surface area contributed by atoms with E-state index < -0.39 is 0 Å². The van der Waals surface area contributed by atoms with Gasteiger partial charge in [0.15, 0.2) is 0 Å². The molecule has 0 aliphatic rings. The summed E-state index contributed by atoms with van der Waals surface area (Å²) in [5.74, 6) is 5.56. The molecule has 0 fully saturated rings. The van der Waals surface area contributed by atoms with Crippen molar-refractivity contribution in [3.05, 3.63) is 39.9 Å². The highest BCUT2D eigenvalue weighted by Gasteiger charge is 2.13. The van der Waals surface area contributed by atoms with E-state index in [9.17, 15) is 0 Å². The Morgan fingerprint density at radius 2 is 2.18 bits per heavy atom. The number of nitrogens with zero attached hydrogens (tertiary/aromatic N) is 3. The minimum atomic E-state index is -0.0513. The van der Waals surface area contributed by atoms with Crippen molar-refractivity contribution in [2.75, 3.05) is 0 Å². The Balaban J connectivity index is 2.13. The van der Waals surface area contributed by atoms with E-state index in [0.29, 0.717) is 0 Å². The Morgan fingerprint density at radius 1 is 1.35 bits per heavy atom. The molecule has 90 valence electrons. The van der Waals surface area contributed by atoms with Crippen LogP contribution < -0.4 is 11.3 Å². The van der Waals surface area contributed by atoms with E-state index >= 15 is 0 Å². The van der Waals surface area contributed by atoms with E-state index in [1.807, 2.05) is 19.2 Å². The molecule has 2 aromatic heterocycles. The summed E-state index contributed by atoms with van der Waals surface area (Å²) in [5, 5.41) is 3.10. The molecule has 6 heteroatoms. The molecule has 17 heavy (non-hydrogen) atoms. The number of nitrogens with two attached hydrogens (primary N) is 1. The van der Waals surface area contributed by atoms with Crippen molar-refractivity contribution < 1.29 is 0 Å². The lowest BCUT2D eigenvalue weighted by atomic mass is 10.1. The predicted octanol–water partition coefficient (Wildman–Crippen LogP) is 1.30. The molecule has 0 saturated carbocycles. The van der Waals surface area contributed by atoms with Crippen LogP contribution in [0.4, 0.5) is 0 Å². The van der Waals surface area contributed by atoms with E-state index in [2.05, 4.69) is 20.4 Å². The summed E-state index contributed by atoms with van der Waals surface area (Å²) in [6.45, 7) is 3.90. The first-order chi connectivity index (χ1) is 8.19. The Hall–Kier alpha value is -1.37. The van der Waals surface area contributed by atoms with Gasteiger partial charge in [0.05, 0.1) is 34.3 Å². The van der Waals surface area contributed by atoms with Crippen LogP contribution in [0.1, 0.15) is 28.1 Å². The molecule has 0 spiro atoms. The number of rotatable bonds is 4. The van der Waals surface area contributed by atoms with Crippen molar-refractivity contribution in [3.63, 3.8) is 0 Å². The molecule has 0 aliphatic carbocycles. The standard InChI is InChI=1S/C11H15N5S/c1-7-4-14-11(5-13-7)10(16-12)3-9-6-17-8(2)15-9/h4-6,10,16H,3,12H2,1-2H3. The Morgan fingerprint density at radius 3 is 2.71 bits per heavy atom. The molecule has 0 aromatic carbocycles. The first-order valence-electron chi connectivity index (χ1n) is 5.34. The summed E-state index contributed by atoms with van der Waals surface area (Å²) in [6, 6.07) is -0.0513. The van der Waals surface area contributed by atoms with Gasteiger partial charge in [-0.25, -0.2) is 4.98 Å². The molecule has 0 radical (unpaired) electrons. The van der Waals surface area contributed by atoms with Gasteiger partial charge < -0.3 is 0 Å². The fraction of sp³-hybridized carbons (Fsp3) is 0.364. The van der Waals surface area contributed by atoms with Gasteiger partial charge in [-0.05, 0) is 13.8 Å². The SMILES string of the molecule is Cc1cnc(C(Cc2csc(C)n2)NN)cn1. The van der Waals surface area contributed by atoms with Crippen molar-refractivity contribution in [1.29, 1.82) is 0 Å². The molecule has 0 bridgehead atoms. The minimum absolute atomic E-state index is 0.0513. The third kappa shape index (κ3) is 3.06. The molecule has 1 atom stereocenters. The number of hydrazine groups is 1. The van der Waals surface area contributed by atoms with E-state index in [1.165, 1.54) is 0 Å². The van der Waals surface area contributed by atoms with Gasteiger partial charge in [0.2, 0.25) is 0 Å². The summed E-state index contributed by atoms with van der Waals surface area (Å²) in [4.78, 5) is 13.0. The molecule has 0 aliphatic heterocycles. The van der Waals surface area contributed by atoms with Gasteiger partial charge in [-0.2, -0.15) is 0 Å². The highest BCUT2D eigenvalue weighted by Crippen LogP contribution is 2.17. The molecule has 2 aromatic rings. The number of thiazole rings is 1. The average molecular weight is 249 g/mol. The van der Waals surface area contributed by atoms with Crippen LogP contribution in [0.3, 0.4) is 0 Å². The minimum Gasteiger partial charge on any atom is -0.271 e. The largest absolute Gasteiger partial charge is 0.271 e. The van der Waals surface area contributed by atoms with Gasteiger partial charge >= 0.3 is 0 Å². The highest BCUT2D eigenvalue weighted by atomic mass is 32.1. The lowest BCUT2D eigenvalue weighted by molar-refractivity contribution is 0.531. The summed E-state index contributed by atoms with van der Waals surface area (Å²) in [6.07, 6.45) is 4.21. The van der Waals surface area contributed by atoms with Crippen LogP contribution in [0.15, 0.2) is 17.8 Å². The topological polar surface area (TPSA) is 76.7 Å². The normalized spacial score (nSPS) is 12.6. The van der Waals surface area contributed by atoms with Crippen LogP contribution in [-0.2, 0) is 6.42 Å². The lowest BCUT2D eigenvalue weighted by Gasteiger charge is -2.13. The zero-order chi connectivity index (χ0) is 12.3. The van der Waals surface area contributed by atoms with Crippen LogP contribution >= 0.6 is 11.3 Å². The van der Waals surface area contributed by atoms with Crippen molar-refractivity contribution in [3.8, 4) is 0 Å². The number of hydrogen-bond acceptors (Lipinski definition) is 6. The van der Waals surface area contributed by atoms with Gasteiger partial charge in [-0.3, -0.25) is 21.2 Å². The zero-order valence-electron chi connectivity index (χ0n) is 9.84. The summed E-state index contributed by atoms with van der Waals surface area (Å²) >= 11 is 1.64. The van der Waals surface area contributed by atoms with Crippen LogP contribution in [0, 0.1) is 13.8 Å². The molecule has 2 rings (SSSR count). The fourth-order valence-corrected chi connectivity index (χ4v) is 2.17. The quantitative estimate of drug-likeness (QED) is 0.631. The summed E-state index contributed by atoms with van der Waals surface area (Å²) in [5.41, 5.74) is 5.52. The monoisotopic (exact) mass is 249 g/mol. The maximum atomic E-state index is 5.56. The third-order valence-electron chi connectivity index (χ3n) is 2.44. The van der Waals surface area contributed by atoms with E-state index in [-0.39, 0.29) is 6.04 Å². The maximum absolute atomic E-state index is 5.56. The van der Waals surface area contributed by atoms with Gasteiger partial charge in [0.1, 0.15) is 0 Å². The second-order valence-electron chi connectivity index (χ2n) is 3.86. The molecule has 2 heterocycles. The predicted molar refractivity (Wildman–Crippen MR) is 67.4 cm³/mol. The number of hydrogen-bond donors (Lipinski definition) is 2. The summed E-state index contributed by atoms with van der Waals surface area (Å²) < 4.78 is 0. The van der Waals surface area contributed by atoms with E-state index in [1.54, 1.807) is 23.7 Å². The van der Waals surface area contributed by atoms with Crippen molar-refractivity contribution >= 4 is 11.3 Å². The number of aryl methyl sites for hydroxylation is 2. The van der Waals surface area contributed by atoms with E-state index in [4.69, 9.17) is 5.84 Å². The van der Waals surface area contributed by atoms with Crippen molar-refractivity contribution in [2.24, 2.45) is 5.84 Å². The first-order valence-corrected chi connectivity index (χ1v) is 6.22. The summed E-state index contributed by atoms with van der Waals surface area (Å²) in [7, 11) is 0. The zero-order valence-corrected chi connectivity index (χ0v) is 10.7. The maximum Gasteiger partial charge on any atom is 0.0897 e. The number of aromatic nitrogens is 3. The Kier molecular flexibility index (Phi) is 3.78. The van der Waals surface area contributed by atoms with Crippen molar-refractivity contribution in [1.82, 2.24) is 20.4 Å². The molecular formula is C11H15N5S.